The Balaban J connectivity index is 1.87. The third-order valence-corrected chi connectivity index (χ3v) is 3.79. The van der Waals surface area contributed by atoms with Crippen molar-refractivity contribution in [3.8, 4) is 5.75 Å². The van der Waals surface area contributed by atoms with E-state index >= 15 is 0 Å². The zero-order valence-electron chi connectivity index (χ0n) is 12.4. The number of hydrogen-bond acceptors (Lipinski definition) is 4. The monoisotopic (exact) mass is 312 g/mol. The molecule has 0 unspecified atom stereocenters. The number of amides is 1. The molecule has 2 rings (SSSR count). The molecule has 1 aromatic rings. The second-order valence-corrected chi connectivity index (χ2v) is 5.95. The average Bonchev–Trinajstić information content (AvgIpc) is 2.37. The second-order valence-electron chi connectivity index (χ2n) is 5.51. The van der Waals surface area contributed by atoms with Crippen LogP contribution >= 0.6 is 11.6 Å². The number of hydrogen-bond donors (Lipinski definition) is 2. The number of methoxy groups -OCH3 is 1. The van der Waals surface area contributed by atoms with Gasteiger partial charge in [0.1, 0.15) is 5.75 Å². The highest BCUT2D eigenvalue weighted by molar-refractivity contribution is 6.31. The van der Waals surface area contributed by atoms with Crippen molar-refractivity contribution in [1.82, 2.24) is 4.90 Å². The molecule has 1 saturated heterocycles. The lowest BCUT2D eigenvalue weighted by Gasteiger charge is -2.46. The number of ether oxygens (including phenoxy) is 1. The molecule has 5 nitrogen and oxygen atoms in total. The Morgan fingerprint density at radius 2 is 2.24 bits per heavy atom. The van der Waals surface area contributed by atoms with E-state index in [0.29, 0.717) is 29.5 Å². The topological polar surface area (TPSA) is 61.8 Å². The zero-order valence-corrected chi connectivity index (χ0v) is 13.1. The zero-order chi connectivity index (χ0) is 15.5. The fourth-order valence-electron chi connectivity index (χ4n) is 2.69. The predicted octanol–water partition coefficient (Wildman–Crippen LogP) is 2.13. The molecule has 0 aliphatic carbocycles. The van der Waals surface area contributed by atoms with E-state index in [1.165, 1.54) is 0 Å². The van der Waals surface area contributed by atoms with Gasteiger partial charge in [0, 0.05) is 18.1 Å². The standard InChI is InChI=1S/C15H21ClN2O3/c1-3-6-15(20)9-18(10-15)8-14(19)17-12-7-11(16)4-5-13(12)21-2/h4-5,7,20H,3,6,8-10H2,1-2H3,(H,17,19). The minimum absolute atomic E-state index is 0.144. The van der Waals surface area contributed by atoms with Crippen LogP contribution in [0.1, 0.15) is 19.8 Å². The Morgan fingerprint density at radius 3 is 2.86 bits per heavy atom. The highest BCUT2D eigenvalue weighted by Gasteiger charge is 2.40. The summed E-state index contributed by atoms with van der Waals surface area (Å²) in [6, 6.07) is 5.07. The van der Waals surface area contributed by atoms with Gasteiger partial charge in [-0.05, 0) is 24.6 Å². The summed E-state index contributed by atoms with van der Waals surface area (Å²) in [6.07, 6.45) is 1.71. The van der Waals surface area contributed by atoms with Crippen LogP contribution in [0.3, 0.4) is 0 Å². The molecular formula is C15H21ClN2O3. The number of anilines is 1. The van der Waals surface area contributed by atoms with Gasteiger partial charge in [0.15, 0.2) is 0 Å². The molecule has 1 amide bonds. The molecule has 116 valence electrons. The maximum atomic E-state index is 12.0. The van der Waals surface area contributed by atoms with Gasteiger partial charge < -0.3 is 15.2 Å². The number of carbonyl (C=O) groups is 1. The third kappa shape index (κ3) is 4.09. The van der Waals surface area contributed by atoms with Crippen LogP contribution in [0.4, 0.5) is 5.69 Å². The van der Waals surface area contributed by atoms with Gasteiger partial charge in [0.05, 0.1) is 24.9 Å². The van der Waals surface area contributed by atoms with Crippen LogP contribution in [0.5, 0.6) is 5.75 Å². The summed E-state index contributed by atoms with van der Waals surface area (Å²) in [7, 11) is 1.54. The first kappa shape index (κ1) is 16.1. The lowest BCUT2D eigenvalue weighted by atomic mass is 9.89. The van der Waals surface area contributed by atoms with E-state index in [2.05, 4.69) is 5.32 Å². The SMILES string of the molecule is CCCC1(O)CN(CC(=O)Nc2cc(Cl)ccc2OC)C1. The van der Waals surface area contributed by atoms with Crippen molar-refractivity contribution in [3.05, 3.63) is 23.2 Å². The number of nitrogens with zero attached hydrogens (tertiary/aromatic N) is 1. The smallest absolute Gasteiger partial charge is 0.238 e. The fraction of sp³-hybridized carbons (Fsp3) is 0.533. The highest BCUT2D eigenvalue weighted by atomic mass is 35.5. The number of benzene rings is 1. The van der Waals surface area contributed by atoms with Crippen LogP contribution in [0.2, 0.25) is 5.02 Å². The molecule has 0 radical (unpaired) electrons. The Hall–Kier alpha value is -1.30. The lowest BCUT2D eigenvalue weighted by molar-refractivity contribution is -0.129. The second kappa shape index (κ2) is 6.64. The number of carbonyl (C=O) groups excluding carboxylic acids is 1. The van der Waals surface area contributed by atoms with Gasteiger partial charge in [-0.2, -0.15) is 0 Å². The first-order valence-corrected chi connectivity index (χ1v) is 7.42. The van der Waals surface area contributed by atoms with Crippen molar-refractivity contribution >= 4 is 23.2 Å². The molecule has 1 aromatic carbocycles. The van der Waals surface area contributed by atoms with E-state index < -0.39 is 5.60 Å². The van der Waals surface area contributed by atoms with E-state index in [9.17, 15) is 9.90 Å². The number of halogens is 1. The average molecular weight is 313 g/mol. The summed E-state index contributed by atoms with van der Waals surface area (Å²) < 4.78 is 5.18. The predicted molar refractivity (Wildman–Crippen MR) is 82.9 cm³/mol. The third-order valence-electron chi connectivity index (χ3n) is 3.55. The van der Waals surface area contributed by atoms with Crippen LogP contribution in [-0.4, -0.2) is 48.3 Å². The molecule has 0 saturated carbocycles. The molecule has 1 heterocycles. The van der Waals surface area contributed by atoms with Crippen molar-refractivity contribution in [2.24, 2.45) is 0 Å². The van der Waals surface area contributed by atoms with E-state index in [0.717, 1.165) is 12.8 Å². The van der Waals surface area contributed by atoms with Gasteiger partial charge in [0.25, 0.3) is 0 Å². The quantitative estimate of drug-likeness (QED) is 0.845. The minimum atomic E-state index is -0.622. The minimum Gasteiger partial charge on any atom is -0.495 e. The maximum Gasteiger partial charge on any atom is 0.238 e. The molecule has 21 heavy (non-hydrogen) atoms. The Morgan fingerprint density at radius 1 is 1.52 bits per heavy atom. The first-order valence-electron chi connectivity index (χ1n) is 7.04. The van der Waals surface area contributed by atoms with Gasteiger partial charge in [-0.3, -0.25) is 9.69 Å². The van der Waals surface area contributed by atoms with Crippen molar-refractivity contribution in [1.29, 1.82) is 0 Å². The molecular weight excluding hydrogens is 292 g/mol. The molecule has 0 atom stereocenters. The largest absolute Gasteiger partial charge is 0.495 e. The van der Waals surface area contributed by atoms with Crippen LogP contribution in [0.25, 0.3) is 0 Å². The number of rotatable bonds is 6. The maximum absolute atomic E-state index is 12.0. The van der Waals surface area contributed by atoms with Crippen molar-refractivity contribution in [2.45, 2.75) is 25.4 Å². The summed E-state index contributed by atoms with van der Waals surface area (Å²) in [6.45, 7) is 3.38. The first-order chi connectivity index (χ1) is 9.95. The van der Waals surface area contributed by atoms with Crippen LogP contribution in [-0.2, 0) is 4.79 Å². The van der Waals surface area contributed by atoms with Crippen molar-refractivity contribution in [2.75, 3.05) is 32.1 Å². The number of likely N-dealkylation sites (tertiary alicyclic amines) is 1. The van der Waals surface area contributed by atoms with E-state index in [1.807, 2.05) is 11.8 Å². The van der Waals surface area contributed by atoms with Crippen molar-refractivity contribution in [3.63, 3.8) is 0 Å². The van der Waals surface area contributed by atoms with Crippen LogP contribution in [0, 0.1) is 0 Å². The molecule has 0 bridgehead atoms. The van der Waals surface area contributed by atoms with E-state index in [-0.39, 0.29) is 12.5 Å². The van der Waals surface area contributed by atoms with Crippen LogP contribution < -0.4 is 10.1 Å². The molecule has 1 aliphatic rings. The molecule has 6 heteroatoms. The van der Waals surface area contributed by atoms with Gasteiger partial charge in [0.2, 0.25) is 5.91 Å². The Bertz CT molecular complexity index is 516. The number of aliphatic hydroxyl groups is 1. The lowest BCUT2D eigenvalue weighted by Crippen LogP contribution is -2.62. The summed E-state index contributed by atoms with van der Waals surface area (Å²) >= 11 is 5.92. The molecule has 2 N–H and O–H groups in total. The summed E-state index contributed by atoms with van der Waals surface area (Å²) in [4.78, 5) is 13.9. The van der Waals surface area contributed by atoms with E-state index in [4.69, 9.17) is 16.3 Å². The fourth-order valence-corrected chi connectivity index (χ4v) is 2.86. The Labute approximate surface area is 129 Å². The van der Waals surface area contributed by atoms with Gasteiger partial charge in [-0.25, -0.2) is 0 Å². The molecule has 0 spiro atoms. The molecule has 0 aromatic heterocycles. The van der Waals surface area contributed by atoms with Crippen LogP contribution in [0.15, 0.2) is 18.2 Å². The Kier molecular flexibility index (Phi) is 5.08. The summed E-state index contributed by atoms with van der Waals surface area (Å²) in [5.74, 6) is 0.424. The highest BCUT2D eigenvalue weighted by Crippen LogP contribution is 2.28. The molecule has 1 aliphatic heterocycles. The van der Waals surface area contributed by atoms with Gasteiger partial charge in [-0.15, -0.1) is 0 Å². The normalized spacial score (nSPS) is 17.1. The molecule has 1 fully saturated rings. The number of nitrogens with one attached hydrogen (secondary N) is 1. The van der Waals surface area contributed by atoms with Crippen molar-refractivity contribution < 1.29 is 14.6 Å². The number of β-amino-alcohol motifs (C(OH)–C–C–N with tert-alkyl or cyclic N) is 1. The van der Waals surface area contributed by atoms with Gasteiger partial charge >= 0.3 is 0 Å². The summed E-state index contributed by atoms with van der Waals surface area (Å²) in [5.41, 5.74) is -0.0673. The van der Waals surface area contributed by atoms with E-state index in [1.54, 1.807) is 25.3 Å². The summed E-state index contributed by atoms with van der Waals surface area (Å²) in [5, 5.41) is 13.4. The van der Waals surface area contributed by atoms with Gasteiger partial charge in [-0.1, -0.05) is 24.9 Å².